The summed E-state index contributed by atoms with van der Waals surface area (Å²) < 4.78 is 16.5. The van der Waals surface area contributed by atoms with Crippen LogP contribution in [0.3, 0.4) is 0 Å². The summed E-state index contributed by atoms with van der Waals surface area (Å²) in [7, 11) is 3.41. The monoisotopic (exact) mass is 365 g/mol. The first-order valence-electron chi connectivity index (χ1n) is 9.78. The van der Waals surface area contributed by atoms with Crippen LogP contribution < -0.4 is 9.47 Å². The molecule has 1 aliphatic heterocycles. The summed E-state index contributed by atoms with van der Waals surface area (Å²) in [6.45, 7) is 1.66. The fourth-order valence-electron chi connectivity index (χ4n) is 3.69. The van der Waals surface area contributed by atoms with Crippen molar-refractivity contribution in [2.24, 2.45) is 5.92 Å². The molecule has 1 saturated heterocycles. The van der Waals surface area contributed by atoms with Crippen LogP contribution in [0.4, 0.5) is 0 Å². The number of hydrogen-bond donors (Lipinski definition) is 0. The molecule has 27 heavy (non-hydrogen) atoms. The first-order chi connectivity index (χ1) is 13.3. The molecule has 0 spiro atoms. The zero-order valence-corrected chi connectivity index (χ0v) is 16.1. The second kappa shape index (κ2) is 8.13. The molecule has 2 aliphatic rings. The lowest BCUT2D eigenvalue weighted by Crippen LogP contribution is -2.14. The van der Waals surface area contributed by atoms with Crippen molar-refractivity contribution in [2.45, 2.75) is 31.6 Å². The minimum absolute atomic E-state index is 0.506. The van der Waals surface area contributed by atoms with E-state index >= 15 is 0 Å². The van der Waals surface area contributed by atoms with Crippen LogP contribution in [0.5, 0.6) is 11.6 Å². The Bertz CT molecular complexity index is 803. The molecule has 4 rings (SSSR count). The Morgan fingerprint density at radius 3 is 2.33 bits per heavy atom. The van der Waals surface area contributed by atoms with E-state index in [0.717, 1.165) is 54.5 Å². The Hall–Kier alpha value is -2.33. The highest BCUT2D eigenvalue weighted by Gasteiger charge is 2.28. The number of hydrogen-bond acceptors (Lipinski definition) is 4. The summed E-state index contributed by atoms with van der Waals surface area (Å²) in [5.41, 5.74) is 4.51. The smallest absolute Gasteiger partial charge is 0.217 e. The summed E-state index contributed by atoms with van der Waals surface area (Å²) in [6, 6.07) is 12.6. The first kappa shape index (κ1) is 18.1. The lowest BCUT2D eigenvalue weighted by Gasteiger charge is -2.21. The number of pyridine rings is 1. The van der Waals surface area contributed by atoms with Crippen LogP contribution in [-0.2, 0) is 4.74 Å². The van der Waals surface area contributed by atoms with Crippen LogP contribution >= 0.6 is 0 Å². The van der Waals surface area contributed by atoms with Gasteiger partial charge in [-0.1, -0.05) is 24.3 Å². The lowest BCUT2D eigenvalue weighted by atomic mass is 9.92. The highest BCUT2D eigenvalue weighted by molar-refractivity contribution is 5.78. The van der Waals surface area contributed by atoms with E-state index in [0.29, 0.717) is 11.8 Å². The van der Waals surface area contributed by atoms with E-state index in [4.69, 9.17) is 19.2 Å². The van der Waals surface area contributed by atoms with Gasteiger partial charge in [0, 0.05) is 24.4 Å². The lowest BCUT2D eigenvalue weighted by molar-refractivity contribution is 0.0786. The van der Waals surface area contributed by atoms with Gasteiger partial charge in [0.15, 0.2) is 0 Å². The Kier molecular flexibility index (Phi) is 5.44. The quantitative estimate of drug-likeness (QED) is 0.735. The minimum atomic E-state index is 0.506. The molecule has 0 amide bonds. The average molecular weight is 365 g/mol. The Morgan fingerprint density at radius 2 is 1.70 bits per heavy atom. The fraction of sp³-hybridized carbons (Fsp3) is 0.435. The fourth-order valence-corrected chi connectivity index (χ4v) is 3.69. The molecule has 0 radical (unpaired) electrons. The zero-order chi connectivity index (χ0) is 18.6. The number of aromatic nitrogens is 1. The maximum Gasteiger partial charge on any atom is 0.217 e. The van der Waals surface area contributed by atoms with E-state index in [1.165, 1.54) is 18.4 Å². The van der Waals surface area contributed by atoms with E-state index in [9.17, 15) is 0 Å². The molecular weight excluding hydrogens is 338 g/mol. The van der Waals surface area contributed by atoms with Gasteiger partial charge in [-0.25, -0.2) is 4.98 Å². The number of allylic oxidation sites excluding steroid dienone is 1. The van der Waals surface area contributed by atoms with Gasteiger partial charge in [-0.05, 0) is 61.3 Å². The normalized spacial score (nSPS) is 18.4. The van der Waals surface area contributed by atoms with Crippen molar-refractivity contribution in [3.63, 3.8) is 0 Å². The third kappa shape index (κ3) is 4.16. The summed E-state index contributed by atoms with van der Waals surface area (Å²) in [5.74, 6) is 2.75. The van der Waals surface area contributed by atoms with Crippen molar-refractivity contribution >= 4 is 5.57 Å². The topological polar surface area (TPSA) is 40.6 Å². The van der Waals surface area contributed by atoms with Gasteiger partial charge in [0.25, 0.3) is 0 Å². The highest BCUT2D eigenvalue weighted by atomic mass is 16.5. The molecule has 0 atom stereocenters. The maximum absolute atomic E-state index is 5.62. The standard InChI is InChI=1S/C23H27NO3/c1-25-19-7-5-18(6-8-19)21(15-16-11-13-27-14-12-16)22-10-9-20(17-3-4-17)23(24-22)26-2/h5-10,15-17H,3-4,11-14H2,1-2H3. The number of methoxy groups -OCH3 is 2. The summed E-state index contributed by atoms with van der Waals surface area (Å²) in [5, 5.41) is 0. The second-order valence-corrected chi connectivity index (χ2v) is 7.33. The number of nitrogens with zero attached hydrogens (tertiary/aromatic N) is 1. The number of ether oxygens (including phenoxy) is 3. The summed E-state index contributed by atoms with van der Waals surface area (Å²) >= 11 is 0. The van der Waals surface area contributed by atoms with Gasteiger partial charge in [-0.15, -0.1) is 0 Å². The molecule has 1 aromatic carbocycles. The van der Waals surface area contributed by atoms with E-state index in [-0.39, 0.29) is 0 Å². The van der Waals surface area contributed by atoms with E-state index < -0.39 is 0 Å². The number of benzene rings is 1. The second-order valence-electron chi connectivity index (χ2n) is 7.33. The number of rotatable bonds is 6. The van der Waals surface area contributed by atoms with Gasteiger partial charge in [0.1, 0.15) is 5.75 Å². The van der Waals surface area contributed by atoms with Crippen LogP contribution in [0.15, 0.2) is 42.5 Å². The van der Waals surface area contributed by atoms with Gasteiger partial charge in [0.2, 0.25) is 5.88 Å². The first-order valence-corrected chi connectivity index (χ1v) is 9.78. The zero-order valence-electron chi connectivity index (χ0n) is 16.1. The third-order valence-electron chi connectivity index (χ3n) is 5.45. The molecule has 4 heteroatoms. The molecule has 0 unspecified atom stereocenters. The largest absolute Gasteiger partial charge is 0.497 e. The molecule has 142 valence electrons. The van der Waals surface area contributed by atoms with Crippen molar-refractivity contribution in [1.82, 2.24) is 4.98 Å². The van der Waals surface area contributed by atoms with Gasteiger partial charge in [-0.3, -0.25) is 0 Å². The molecule has 0 bridgehead atoms. The summed E-state index contributed by atoms with van der Waals surface area (Å²) in [6.07, 6.45) is 6.94. The van der Waals surface area contributed by atoms with Crippen LogP contribution in [0.2, 0.25) is 0 Å². The van der Waals surface area contributed by atoms with Crippen LogP contribution in [0.1, 0.15) is 48.4 Å². The van der Waals surface area contributed by atoms with Gasteiger partial charge >= 0.3 is 0 Å². The van der Waals surface area contributed by atoms with Crippen LogP contribution in [0.25, 0.3) is 5.57 Å². The van der Waals surface area contributed by atoms with E-state index in [1.54, 1.807) is 14.2 Å². The molecule has 1 aliphatic carbocycles. The van der Waals surface area contributed by atoms with E-state index in [2.05, 4.69) is 30.3 Å². The van der Waals surface area contributed by atoms with Crippen molar-refractivity contribution in [3.8, 4) is 11.6 Å². The molecule has 2 aromatic rings. The average Bonchev–Trinajstić information content (AvgIpc) is 3.58. The predicted octanol–water partition coefficient (Wildman–Crippen LogP) is 4.83. The molecule has 1 aromatic heterocycles. The summed E-state index contributed by atoms with van der Waals surface area (Å²) in [4.78, 5) is 4.88. The molecule has 2 heterocycles. The molecule has 0 N–H and O–H groups in total. The van der Waals surface area contributed by atoms with Gasteiger partial charge < -0.3 is 14.2 Å². The van der Waals surface area contributed by atoms with Gasteiger partial charge in [-0.2, -0.15) is 0 Å². The Morgan fingerprint density at radius 1 is 0.963 bits per heavy atom. The molecule has 4 nitrogen and oxygen atoms in total. The Balaban J connectivity index is 1.73. The Labute approximate surface area is 161 Å². The molecule has 1 saturated carbocycles. The van der Waals surface area contributed by atoms with Crippen LogP contribution in [-0.4, -0.2) is 32.4 Å². The maximum atomic E-state index is 5.62. The SMILES string of the molecule is COc1ccc(C(=CC2CCOCC2)c2ccc(C3CC3)c(OC)n2)cc1. The van der Waals surface area contributed by atoms with Gasteiger partial charge in [0.05, 0.1) is 19.9 Å². The van der Waals surface area contributed by atoms with Crippen molar-refractivity contribution in [1.29, 1.82) is 0 Å². The minimum Gasteiger partial charge on any atom is -0.497 e. The van der Waals surface area contributed by atoms with E-state index in [1.807, 2.05) is 12.1 Å². The highest BCUT2D eigenvalue weighted by Crippen LogP contribution is 2.44. The molecular formula is C23H27NO3. The molecule has 2 fully saturated rings. The van der Waals surface area contributed by atoms with Crippen molar-refractivity contribution in [2.75, 3.05) is 27.4 Å². The van der Waals surface area contributed by atoms with Crippen molar-refractivity contribution in [3.05, 3.63) is 59.3 Å². The third-order valence-corrected chi connectivity index (χ3v) is 5.45. The van der Waals surface area contributed by atoms with Crippen LogP contribution in [0, 0.1) is 5.92 Å². The van der Waals surface area contributed by atoms with Crippen molar-refractivity contribution < 1.29 is 14.2 Å². The predicted molar refractivity (Wildman–Crippen MR) is 106 cm³/mol.